The number of hydrogen-bond acceptors (Lipinski definition) is 5. The summed E-state index contributed by atoms with van der Waals surface area (Å²) in [5.74, 6) is 0.605. The van der Waals surface area contributed by atoms with Crippen molar-refractivity contribution in [1.29, 1.82) is 0 Å². The van der Waals surface area contributed by atoms with Crippen molar-refractivity contribution in [2.75, 3.05) is 13.4 Å². The summed E-state index contributed by atoms with van der Waals surface area (Å²) in [6.45, 7) is 2.34. The quantitative estimate of drug-likeness (QED) is 0.858. The largest absolute Gasteiger partial charge is 0.468 e. The second-order valence-electron chi connectivity index (χ2n) is 6.44. The number of nitrogens with one attached hydrogen (secondary N) is 1. The number of halogens is 3. The van der Waals surface area contributed by atoms with E-state index in [2.05, 4.69) is 15.0 Å². The number of amides is 1. The lowest BCUT2D eigenvalue weighted by Gasteiger charge is -2.27. The maximum absolute atomic E-state index is 12.5. The minimum absolute atomic E-state index is 0.153. The predicted molar refractivity (Wildman–Crippen MR) is 88.8 cm³/mol. The molecule has 0 saturated carbocycles. The highest BCUT2D eigenvalue weighted by atomic mass is 19.4. The number of carbonyl (C=O) groups is 1. The first-order chi connectivity index (χ1) is 12.6. The average Bonchev–Trinajstić information content (AvgIpc) is 3.07. The van der Waals surface area contributed by atoms with Crippen molar-refractivity contribution < 1.29 is 32.2 Å². The molecule has 0 spiro atoms. The van der Waals surface area contributed by atoms with Crippen molar-refractivity contribution in [3.8, 4) is 17.4 Å². The highest BCUT2D eigenvalue weighted by Crippen LogP contribution is 2.35. The Labute approximate surface area is 153 Å². The van der Waals surface area contributed by atoms with Crippen molar-refractivity contribution >= 4 is 5.91 Å². The molecule has 0 atom stereocenters. The van der Waals surface area contributed by atoms with Crippen LogP contribution in [-0.4, -0.2) is 30.5 Å². The second-order valence-corrected chi connectivity index (χ2v) is 6.44. The van der Waals surface area contributed by atoms with E-state index >= 15 is 0 Å². The molecule has 144 valence electrons. The highest BCUT2D eigenvalue weighted by Gasteiger charge is 2.29. The monoisotopic (exact) mass is 382 g/mol. The van der Waals surface area contributed by atoms with E-state index in [1.54, 1.807) is 12.1 Å². The second kappa shape index (κ2) is 6.98. The van der Waals surface area contributed by atoms with E-state index in [9.17, 15) is 18.0 Å². The third kappa shape index (κ3) is 4.60. The molecule has 6 nitrogen and oxygen atoms in total. The molecule has 27 heavy (non-hydrogen) atoms. The first-order valence-electron chi connectivity index (χ1n) is 8.02. The number of ether oxygens (including phenoxy) is 3. The van der Waals surface area contributed by atoms with Crippen LogP contribution in [0.15, 0.2) is 36.5 Å². The minimum Gasteiger partial charge on any atom is -0.468 e. The number of alkyl halides is 3. The predicted octanol–water partition coefficient (Wildman–Crippen LogP) is 3.42. The molecule has 0 radical (unpaired) electrons. The van der Waals surface area contributed by atoms with Gasteiger partial charge in [0, 0.05) is 12.3 Å². The summed E-state index contributed by atoms with van der Waals surface area (Å²) in [5, 5.41) is 2.86. The molecule has 1 aromatic carbocycles. The van der Waals surface area contributed by atoms with Crippen LogP contribution in [0.3, 0.4) is 0 Å². The number of carbonyl (C=O) groups excluding carboxylic acids is 1. The highest BCUT2D eigenvalue weighted by molar-refractivity contribution is 5.94. The maximum atomic E-state index is 12.5. The van der Waals surface area contributed by atoms with Gasteiger partial charge < -0.3 is 19.5 Å². The van der Waals surface area contributed by atoms with Gasteiger partial charge in [0.25, 0.3) is 5.91 Å². The fourth-order valence-corrected chi connectivity index (χ4v) is 2.47. The van der Waals surface area contributed by atoms with Crippen molar-refractivity contribution in [1.82, 2.24) is 10.3 Å². The van der Waals surface area contributed by atoms with Crippen LogP contribution in [0, 0.1) is 0 Å². The zero-order valence-corrected chi connectivity index (χ0v) is 14.6. The van der Waals surface area contributed by atoms with Crippen LogP contribution in [0.5, 0.6) is 17.4 Å². The molecule has 1 amide bonds. The van der Waals surface area contributed by atoms with Crippen LogP contribution in [-0.2, 0) is 5.54 Å². The Morgan fingerprint density at radius 1 is 1.19 bits per heavy atom. The Hall–Kier alpha value is -2.97. The first-order valence-corrected chi connectivity index (χ1v) is 8.02. The number of hydrogen-bond donors (Lipinski definition) is 1. The molecular weight excluding hydrogens is 365 g/mol. The van der Waals surface area contributed by atoms with Gasteiger partial charge in [0.1, 0.15) is 0 Å². The number of nitrogens with zero attached hydrogens (tertiary/aromatic N) is 1. The Morgan fingerprint density at radius 2 is 1.93 bits per heavy atom. The van der Waals surface area contributed by atoms with Gasteiger partial charge in [-0.2, -0.15) is 13.2 Å². The topological polar surface area (TPSA) is 69.7 Å². The lowest BCUT2D eigenvalue weighted by molar-refractivity contribution is -0.154. The molecule has 2 heterocycles. The van der Waals surface area contributed by atoms with E-state index in [1.807, 2.05) is 19.9 Å². The molecule has 1 N–H and O–H groups in total. The first kappa shape index (κ1) is 18.8. The third-order valence-corrected chi connectivity index (χ3v) is 3.90. The summed E-state index contributed by atoms with van der Waals surface area (Å²) in [6.07, 6.45) is -3.29. The summed E-state index contributed by atoms with van der Waals surface area (Å²) in [4.78, 5) is 16.2. The van der Waals surface area contributed by atoms with Crippen LogP contribution < -0.4 is 19.5 Å². The molecule has 2 aromatic rings. The molecule has 0 unspecified atom stereocenters. The van der Waals surface area contributed by atoms with Crippen LogP contribution in [0.1, 0.15) is 29.8 Å². The van der Waals surface area contributed by atoms with Gasteiger partial charge in [-0.25, -0.2) is 4.98 Å². The third-order valence-electron chi connectivity index (χ3n) is 3.90. The number of pyridine rings is 1. The normalized spacial score (nSPS) is 13.4. The van der Waals surface area contributed by atoms with Gasteiger partial charge in [0.2, 0.25) is 12.7 Å². The van der Waals surface area contributed by atoms with E-state index in [0.29, 0.717) is 11.5 Å². The van der Waals surface area contributed by atoms with Crippen molar-refractivity contribution in [2.24, 2.45) is 0 Å². The van der Waals surface area contributed by atoms with E-state index in [1.165, 1.54) is 12.1 Å². The minimum atomic E-state index is -4.45. The van der Waals surface area contributed by atoms with Crippen LogP contribution >= 0.6 is 0 Å². The van der Waals surface area contributed by atoms with Crippen molar-refractivity contribution in [3.05, 3.63) is 47.7 Å². The molecule has 0 saturated heterocycles. The molecule has 9 heteroatoms. The molecule has 1 aliphatic rings. The maximum Gasteiger partial charge on any atom is 0.422 e. The number of aromatic nitrogens is 1. The van der Waals surface area contributed by atoms with Gasteiger partial charge in [0.15, 0.2) is 18.1 Å². The zero-order valence-electron chi connectivity index (χ0n) is 14.6. The van der Waals surface area contributed by atoms with E-state index in [4.69, 9.17) is 9.47 Å². The van der Waals surface area contributed by atoms with Crippen LogP contribution in [0.25, 0.3) is 0 Å². The zero-order chi connectivity index (χ0) is 19.7. The fraction of sp³-hybridized carbons (Fsp3) is 0.333. The standard InChI is InChI=1S/C18H17F3N2O4/c1-17(2,12-4-5-13-14(7-12)27-10-26-13)23-16(24)11-3-6-15(22-8-11)25-9-18(19,20)21/h3-8H,9-10H2,1-2H3,(H,23,24). The smallest absolute Gasteiger partial charge is 0.422 e. The molecule has 1 aromatic heterocycles. The Bertz CT molecular complexity index is 835. The van der Waals surface area contributed by atoms with Gasteiger partial charge in [-0.1, -0.05) is 6.07 Å². The van der Waals surface area contributed by atoms with Gasteiger partial charge in [-0.15, -0.1) is 0 Å². The molecular formula is C18H17F3N2O4. The molecule has 0 fully saturated rings. The summed E-state index contributed by atoms with van der Waals surface area (Å²) >= 11 is 0. The Morgan fingerprint density at radius 3 is 2.59 bits per heavy atom. The van der Waals surface area contributed by atoms with E-state index in [0.717, 1.165) is 11.8 Å². The van der Waals surface area contributed by atoms with Crippen molar-refractivity contribution in [2.45, 2.75) is 25.6 Å². The summed E-state index contributed by atoms with van der Waals surface area (Å²) in [5.41, 5.74) is 0.269. The lowest BCUT2D eigenvalue weighted by Crippen LogP contribution is -2.41. The summed E-state index contributed by atoms with van der Waals surface area (Å²) in [6, 6.07) is 7.94. The fourth-order valence-electron chi connectivity index (χ4n) is 2.47. The van der Waals surface area contributed by atoms with Gasteiger partial charge in [0.05, 0.1) is 11.1 Å². The molecule has 0 bridgehead atoms. The number of rotatable bonds is 5. The summed E-state index contributed by atoms with van der Waals surface area (Å²) < 4.78 is 51.6. The van der Waals surface area contributed by atoms with Crippen LogP contribution in [0.4, 0.5) is 13.2 Å². The lowest BCUT2D eigenvalue weighted by atomic mass is 9.93. The van der Waals surface area contributed by atoms with Crippen molar-refractivity contribution in [3.63, 3.8) is 0 Å². The number of fused-ring (bicyclic) bond motifs is 1. The molecule has 3 rings (SSSR count). The van der Waals surface area contributed by atoms with Gasteiger partial charge in [-0.05, 0) is 37.6 Å². The van der Waals surface area contributed by atoms with Gasteiger partial charge in [-0.3, -0.25) is 4.79 Å². The van der Waals surface area contributed by atoms with E-state index in [-0.39, 0.29) is 18.2 Å². The average molecular weight is 382 g/mol. The number of benzene rings is 1. The SMILES string of the molecule is CC(C)(NC(=O)c1ccc(OCC(F)(F)F)nc1)c1ccc2c(c1)OCO2. The van der Waals surface area contributed by atoms with Gasteiger partial charge >= 0.3 is 6.18 Å². The molecule has 0 aliphatic carbocycles. The Balaban J connectivity index is 1.67. The van der Waals surface area contributed by atoms with E-state index < -0.39 is 24.2 Å². The molecule has 1 aliphatic heterocycles. The Kier molecular flexibility index (Phi) is 4.86. The van der Waals surface area contributed by atoms with Crippen LogP contribution in [0.2, 0.25) is 0 Å². The summed E-state index contributed by atoms with van der Waals surface area (Å²) in [7, 11) is 0.